The normalized spacial score (nSPS) is 11.1. The molecule has 0 amide bonds. The third-order valence-electron chi connectivity index (χ3n) is 5.22. The lowest BCUT2D eigenvalue weighted by Crippen LogP contribution is -1.95. The first-order chi connectivity index (χ1) is 14.7. The Morgan fingerprint density at radius 2 is 1.40 bits per heavy atom. The summed E-state index contributed by atoms with van der Waals surface area (Å²) in [5.74, 6) is 1.60. The lowest BCUT2D eigenvalue weighted by molar-refractivity contribution is 0.414. The van der Waals surface area contributed by atoms with Crippen LogP contribution >= 0.6 is 12.2 Å². The van der Waals surface area contributed by atoms with Crippen LogP contribution in [-0.2, 0) is 0 Å². The molecule has 0 aliphatic rings. The van der Waals surface area contributed by atoms with Crippen LogP contribution in [0.25, 0.3) is 39.1 Å². The topological polar surface area (TPSA) is 51.5 Å². The maximum atomic E-state index is 5.74. The SMILES string of the molecule is COc1ccc(-c2nc3c4ccccc4[nH]c(=S)n3c2-c2ccc(OC)cc2)cc1. The van der Waals surface area contributed by atoms with Crippen molar-refractivity contribution < 1.29 is 9.47 Å². The monoisotopic (exact) mass is 413 g/mol. The van der Waals surface area contributed by atoms with Gasteiger partial charge in [-0.2, -0.15) is 0 Å². The van der Waals surface area contributed by atoms with Gasteiger partial charge < -0.3 is 14.5 Å². The molecule has 1 N–H and O–H groups in total. The smallest absolute Gasteiger partial charge is 0.183 e. The van der Waals surface area contributed by atoms with Crippen LogP contribution in [0.15, 0.2) is 72.8 Å². The van der Waals surface area contributed by atoms with Crippen LogP contribution in [0, 0.1) is 4.77 Å². The molecule has 3 aromatic carbocycles. The lowest BCUT2D eigenvalue weighted by Gasteiger charge is -2.08. The second-order valence-electron chi connectivity index (χ2n) is 6.90. The molecule has 0 unspecified atom stereocenters. The number of para-hydroxylation sites is 1. The van der Waals surface area contributed by atoms with E-state index in [0.29, 0.717) is 4.77 Å². The van der Waals surface area contributed by atoms with Crippen LogP contribution in [0.4, 0.5) is 0 Å². The van der Waals surface area contributed by atoms with Gasteiger partial charge in [0, 0.05) is 16.5 Å². The number of benzene rings is 3. The maximum Gasteiger partial charge on any atom is 0.183 e. The second kappa shape index (κ2) is 7.31. The van der Waals surface area contributed by atoms with Crippen molar-refractivity contribution in [1.29, 1.82) is 0 Å². The number of ether oxygens (including phenoxy) is 2. The van der Waals surface area contributed by atoms with Gasteiger partial charge in [-0.3, -0.25) is 4.40 Å². The van der Waals surface area contributed by atoms with Crippen LogP contribution < -0.4 is 9.47 Å². The van der Waals surface area contributed by atoms with E-state index >= 15 is 0 Å². The summed E-state index contributed by atoms with van der Waals surface area (Å²) in [5.41, 5.74) is 5.57. The van der Waals surface area contributed by atoms with Crippen LogP contribution in [-0.4, -0.2) is 28.6 Å². The molecule has 0 aliphatic heterocycles. The minimum Gasteiger partial charge on any atom is -0.497 e. The first-order valence-electron chi connectivity index (χ1n) is 9.52. The number of hydrogen-bond acceptors (Lipinski definition) is 4. The summed E-state index contributed by atoms with van der Waals surface area (Å²) in [7, 11) is 3.32. The molecule has 5 rings (SSSR count). The molecule has 0 atom stereocenters. The first-order valence-corrected chi connectivity index (χ1v) is 9.93. The van der Waals surface area contributed by atoms with E-state index in [9.17, 15) is 0 Å². The van der Waals surface area contributed by atoms with Gasteiger partial charge in [-0.15, -0.1) is 0 Å². The zero-order valence-electron chi connectivity index (χ0n) is 16.5. The highest BCUT2D eigenvalue weighted by Gasteiger charge is 2.19. The maximum absolute atomic E-state index is 5.74. The Bertz CT molecular complexity index is 1420. The van der Waals surface area contributed by atoms with Gasteiger partial charge in [0.05, 0.1) is 31.1 Å². The Hall–Kier alpha value is -3.64. The highest BCUT2D eigenvalue weighted by atomic mass is 32.1. The van der Waals surface area contributed by atoms with E-state index in [4.69, 9.17) is 26.7 Å². The minimum absolute atomic E-state index is 0.599. The summed E-state index contributed by atoms with van der Waals surface area (Å²) >= 11 is 5.74. The number of hydrogen-bond donors (Lipinski definition) is 1. The van der Waals surface area contributed by atoms with Crippen LogP contribution in [0.2, 0.25) is 0 Å². The highest BCUT2D eigenvalue weighted by Crippen LogP contribution is 2.36. The molecule has 0 saturated heterocycles. The van der Waals surface area contributed by atoms with E-state index in [0.717, 1.165) is 50.6 Å². The van der Waals surface area contributed by atoms with E-state index in [1.54, 1.807) is 14.2 Å². The minimum atomic E-state index is 0.599. The molecule has 5 nitrogen and oxygen atoms in total. The van der Waals surface area contributed by atoms with Gasteiger partial charge in [0.1, 0.15) is 17.1 Å². The number of nitrogens with one attached hydrogen (secondary N) is 1. The van der Waals surface area contributed by atoms with E-state index in [-0.39, 0.29) is 0 Å². The Labute approximate surface area is 178 Å². The molecular weight excluding hydrogens is 394 g/mol. The van der Waals surface area contributed by atoms with Crippen molar-refractivity contribution in [1.82, 2.24) is 14.4 Å². The van der Waals surface area contributed by atoms with Crippen molar-refractivity contribution in [2.75, 3.05) is 14.2 Å². The van der Waals surface area contributed by atoms with Gasteiger partial charge in [0.2, 0.25) is 0 Å². The second-order valence-corrected chi connectivity index (χ2v) is 7.29. The molecule has 6 heteroatoms. The molecule has 30 heavy (non-hydrogen) atoms. The van der Waals surface area contributed by atoms with Gasteiger partial charge in [-0.25, -0.2) is 4.98 Å². The van der Waals surface area contributed by atoms with Crippen molar-refractivity contribution >= 4 is 28.8 Å². The standard InChI is InChI=1S/C24H19N3O2S/c1-28-17-11-7-15(8-12-17)21-22(16-9-13-18(29-2)14-10-16)27-23(26-21)19-5-3-4-6-20(19)25-24(27)30/h3-14H,1-2H3,(H,25,30). The molecule has 0 aliphatic carbocycles. The number of aromatic nitrogens is 3. The first kappa shape index (κ1) is 18.4. The summed E-state index contributed by atoms with van der Waals surface area (Å²) in [4.78, 5) is 8.39. The zero-order valence-corrected chi connectivity index (χ0v) is 17.4. The average molecular weight is 414 g/mol. The van der Waals surface area contributed by atoms with Gasteiger partial charge in [-0.1, -0.05) is 12.1 Å². The van der Waals surface area contributed by atoms with Crippen LogP contribution in [0.1, 0.15) is 0 Å². The molecule has 5 aromatic rings. The summed E-state index contributed by atoms with van der Waals surface area (Å²) < 4.78 is 13.3. The number of fused-ring (bicyclic) bond motifs is 3. The van der Waals surface area contributed by atoms with E-state index in [1.807, 2.05) is 71.1 Å². The molecule has 0 saturated carbocycles. The number of aromatic amines is 1. The summed E-state index contributed by atoms with van der Waals surface area (Å²) in [5, 5.41) is 1.01. The fraction of sp³-hybridized carbons (Fsp3) is 0.0833. The quantitative estimate of drug-likeness (QED) is 0.373. The third-order valence-corrected chi connectivity index (χ3v) is 5.50. The van der Waals surface area contributed by atoms with E-state index in [2.05, 4.69) is 11.1 Å². The van der Waals surface area contributed by atoms with Gasteiger partial charge in [0.15, 0.2) is 4.77 Å². The van der Waals surface area contributed by atoms with Crippen molar-refractivity contribution in [3.05, 3.63) is 77.6 Å². The fourth-order valence-electron chi connectivity index (χ4n) is 3.72. The lowest BCUT2D eigenvalue weighted by atomic mass is 10.0. The van der Waals surface area contributed by atoms with Crippen LogP contribution in [0.3, 0.4) is 0 Å². The summed E-state index contributed by atoms with van der Waals surface area (Å²) in [6, 6.07) is 23.9. The highest BCUT2D eigenvalue weighted by molar-refractivity contribution is 7.71. The molecule has 2 aromatic heterocycles. The molecule has 0 spiro atoms. The largest absolute Gasteiger partial charge is 0.497 e. The van der Waals surface area contributed by atoms with Gasteiger partial charge >= 0.3 is 0 Å². The molecule has 0 radical (unpaired) electrons. The Balaban J connectivity index is 1.87. The predicted molar refractivity (Wildman–Crippen MR) is 122 cm³/mol. The van der Waals surface area contributed by atoms with Crippen molar-refractivity contribution in [3.63, 3.8) is 0 Å². The summed E-state index contributed by atoms with van der Waals surface area (Å²) in [6.45, 7) is 0. The third kappa shape index (κ3) is 2.93. The number of rotatable bonds is 4. The number of nitrogens with zero attached hydrogens (tertiary/aromatic N) is 2. The molecular formula is C24H19N3O2S. The Morgan fingerprint density at radius 1 is 0.800 bits per heavy atom. The average Bonchev–Trinajstić information content (AvgIpc) is 3.21. The molecule has 2 heterocycles. The number of methoxy groups -OCH3 is 2. The molecule has 0 bridgehead atoms. The predicted octanol–water partition coefficient (Wildman–Crippen LogP) is 5.90. The van der Waals surface area contributed by atoms with Crippen molar-refractivity contribution in [3.8, 4) is 34.0 Å². The summed E-state index contributed by atoms with van der Waals surface area (Å²) in [6.07, 6.45) is 0. The number of H-pyrrole nitrogens is 1. The Morgan fingerprint density at radius 3 is 2.03 bits per heavy atom. The zero-order chi connectivity index (χ0) is 20.7. The Kier molecular flexibility index (Phi) is 4.48. The molecule has 0 fully saturated rings. The van der Waals surface area contributed by atoms with Gasteiger partial charge in [-0.05, 0) is 72.9 Å². The van der Waals surface area contributed by atoms with Gasteiger partial charge in [0.25, 0.3) is 0 Å². The van der Waals surface area contributed by atoms with E-state index in [1.165, 1.54) is 0 Å². The van der Waals surface area contributed by atoms with Crippen LogP contribution in [0.5, 0.6) is 11.5 Å². The molecule has 148 valence electrons. The van der Waals surface area contributed by atoms with Crippen molar-refractivity contribution in [2.45, 2.75) is 0 Å². The fourth-order valence-corrected chi connectivity index (χ4v) is 4.01. The van der Waals surface area contributed by atoms with Crippen molar-refractivity contribution in [2.24, 2.45) is 0 Å². The number of imidazole rings is 1. The van der Waals surface area contributed by atoms with E-state index < -0.39 is 0 Å².